The Bertz CT molecular complexity index is 894. The molecule has 0 radical (unpaired) electrons. The van der Waals surface area contributed by atoms with Gasteiger partial charge in [0.25, 0.3) is 5.91 Å². The topological polar surface area (TPSA) is 64.1 Å². The molecule has 0 bridgehead atoms. The van der Waals surface area contributed by atoms with E-state index in [9.17, 15) is 4.79 Å². The van der Waals surface area contributed by atoms with Crippen LogP contribution < -0.4 is 10.1 Å². The summed E-state index contributed by atoms with van der Waals surface area (Å²) in [4.78, 5) is 12.2. The number of amides is 1. The lowest BCUT2D eigenvalue weighted by molar-refractivity contribution is 0.102. The Morgan fingerprint density at radius 2 is 1.92 bits per heavy atom. The first-order valence-electron chi connectivity index (χ1n) is 7.61. The van der Waals surface area contributed by atoms with Gasteiger partial charge in [0.15, 0.2) is 5.01 Å². The highest BCUT2D eigenvalue weighted by atomic mass is 79.9. The standard InChI is InChI=1S/C18H16BrN3O2S/c1-11-4-3-5-15(12(11)2)24-10-16-21-22-18(25-16)20-17(23)13-6-8-14(19)9-7-13/h3-9H,10H2,1-2H3,(H,20,22,23). The molecular formula is C18H16BrN3O2S. The van der Waals surface area contributed by atoms with Crippen molar-refractivity contribution < 1.29 is 9.53 Å². The number of halogens is 1. The molecule has 0 saturated carbocycles. The molecule has 1 amide bonds. The molecular weight excluding hydrogens is 402 g/mol. The lowest BCUT2D eigenvalue weighted by Crippen LogP contribution is -2.11. The summed E-state index contributed by atoms with van der Waals surface area (Å²) >= 11 is 4.64. The predicted octanol–water partition coefficient (Wildman–Crippen LogP) is 4.75. The normalized spacial score (nSPS) is 10.5. The van der Waals surface area contributed by atoms with Gasteiger partial charge in [0, 0.05) is 10.0 Å². The minimum absolute atomic E-state index is 0.217. The summed E-state index contributed by atoms with van der Waals surface area (Å²) < 4.78 is 6.73. The van der Waals surface area contributed by atoms with Crippen LogP contribution in [0.5, 0.6) is 5.75 Å². The van der Waals surface area contributed by atoms with E-state index in [4.69, 9.17) is 4.74 Å². The second-order valence-electron chi connectivity index (χ2n) is 5.45. The van der Waals surface area contributed by atoms with Crippen LogP contribution in [0.2, 0.25) is 0 Å². The zero-order valence-electron chi connectivity index (χ0n) is 13.7. The fourth-order valence-corrected chi connectivity index (χ4v) is 3.07. The number of carbonyl (C=O) groups is 1. The van der Waals surface area contributed by atoms with Crippen molar-refractivity contribution >= 4 is 38.3 Å². The highest BCUT2D eigenvalue weighted by Crippen LogP contribution is 2.23. The Kier molecular flexibility index (Phi) is 5.45. The highest BCUT2D eigenvalue weighted by Gasteiger charge is 2.11. The van der Waals surface area contributed by atoms with Crippen LogP contribution in [0.1, 0.15) is 26.5 Å². The molecule has 3 aromatic rings. The molecule has 5 nitrogen and oxygen atoms in total. The first-order chi connectivity index (χ1) is 12.0. The van der Waals surface area contributed by atoms with Crippen molar-refractivity contribution in [2.45, 2.75) is 20.5 Å². The average Bonchev–Trinajstić information content (AvgIpc) is 3.04. The molecule has 0 saturated heterocycles. The summed E-state index contributed by atoms with van der Waals surface area (Å²) in [5.41, 5.74) is 2.85. The fraction of sp³-hybridized carbons (Fsp3) is 0.167. The minimum atomic E-state index is -0.217. The number of anilines is 1. The van der Waals surface area contributed by atoms with Crippen LogP contribution in [0.15, 0.2) is 46.9 Å². The van der Waals surface area contributed by atoms with Gasteiger partial charge < -0.3 is 4.74 Å². The van der Waals surface area contributed by atoms with Crippen molar-refractivity contribution in [3.63, 3.8) is 0 Å². The molecule has 0 aliphatic rings. The minimum Gasteiger partial charge on any atom is -0.486 e. The maximum absolute atomic E-state index is 12.2. The van der Waals surface area contributed by atoms with E-state index in [1.165, 1.54) is 16.9 Å². The van der Waals surface area contributed by atoms with Crippen LogP contribution in [-0.2, 0) is 6.61 Å². The van der Waals surface area contributed by atoms with Gasteiger partial charge >= 0.3 is 0 Å². The molecule has 128 valence electrons. The number of carbonyl (C=O) groups excluding carboxylic acids is 1. The average molecular weight is 418 g/mol. The van der Waals surface area contributed by atoms with Crippen molar-refractivity contribution in [2.75, 3.05) is 5.32 Å². The Morgan fingerprint density at radius 3 is 2.68 bits per heavy atom. The molecule has 0 fully saturated rings. The summed E-state index contributed by atoms with van der Waals surface area (Å²) in [6.45, 7) is 4.38. The number of ether oxygens (including phenoxy) is 1. The van der Waals surface area contributed by atoms with Crippen LogP contribution in [0, 0.1) is 13.8 Å². The van der Waals surface area contributed by atoms with Gasteiger partial charge in [0.05, 0.1) is 0 Å². The quantitative estimate of drug-likeness (QED) is 0.650. The zero-order chi connectivity index (χ0) is 17.8. The lowest BCUT2D eigenvalue weighted by Gasteiger charge is -2.08. The number of hydrogen-bond acceptors (Lipinski definition) is 5. The maximum atomic E-state index is 12.2. The van der Waals surface area contributed by atoms with Gasteiger partial charge in [0.1, 0.15) is 12.4 Å². The number of aryl methyl sites for hydroxylation is 1. The van der Waals surface area contributed by atoms with Crippen molar-refractivity contribution in [3.05, 3.63) is 68.6 Å². The van der Waals surface area contributed by atoms with Crippen LogP contribution >= 0.6 is 27.3 Å². The van der Waals surface area contributed by atoms with E-state index in [1.54, 1.807) is 12.1 Å². The molecule has 7 heteroatoms. The van der Waals surface area contributed by atoms with Gasteiger partial charge in [-0.2, -0.15) is 0 Å². The number of rotatable bonds is 5. The summed E-state index contributed by atoms with van der Waals surface area (Å²) in [6.07, 6.45) is 0. The van der Waals surface area contributed by atoms with E-state index in [2.05, 4.69) is 31.4 Å². The smallest absolute Gasteiger partial charge is 0.257 e. The Balaban J connectivity index is 1.61. The summed E-state index contributed by atoms with van der Waals surface area (Å²) in [7, 11) is 0. The van der Waals surface area contributed by atoms with E-state index in [1.807, 2.05) is 44.2 Å². The Morgan fingerprint density at radius 1 is 1.16 bits per heavy atom. The van der Waals surface area contributed by atoms with Gasteiger partial charge in [0.2, 0.25) is 5.13 Å². The van der Waals surface area contributed by atoms with Crippen molar-refractivity contribution in [1.82, 2.24) is 10.2 Å². The predicted molar refractivity (Wildman–Crippen MR) is 102 cm³/mol. The summed E-state index contributed by atoms with van der Waals surface area (Å²) in [5.74, 6) is 0.612. The molecule has 25 heavy (non-hydrogen) atoms. The molecule has 0 spiro atoms. The first-order valence-corrected chi connectivity index (χ1v) is 9.22. The lowest BCUT2D eigenvalue weighted by atomic mass is 10.1. The number of aromatic nitrogens is 2. The van der Waals surface area contributed by atoms with E-state index < -0.39 is 0 Å². The third-order valence-electron chi connectivity index (χ3n) is 3.70. The number of nitrogens with zero attached hydrogens (tertiary/aromatic N) is 2. The van der Waals surface area contributed by atoms with E-state index in [-0.39, 0.29) is 5.91 Å². The van der Waals surface area contributed by atoms with Gasteiger partial charge in [-0.15, -0.1) is 10.2 Å². The van der Waals surface area contributed by atoms with E-state index >= 15 is 0 Å². The monoisotopic (exact) mass is 417 g/mol. The van der Waals surface area contributed by atoms with Crippen molar-refractivity contribution in [1.29, 1.82) is 0 Å². The molecule has 1 N–H and O–H groups in total. The Labute approximate surface area is 158 Å². The molecule has 0 aliphatic heterocycles. The van der Waals surface area contributed by atoms with Crippen molar-refractivity contribution in [2.24, 2.45) is 0 Å². The number of nitrogens with one attached hydrogen (secondary N) is 1. The van der Waals surface area contributed by atoms with Crippen LogP contribution in [0.25, 0.3) is 0 Å². The highest BCUT2D eigenvalue weighted by molar-refractivity contribution is 9.10. The van der Waals surface area contributed by atoms with Crippen LogP contribution in [0.4, 0.5) is 5.13 Å². The first kappa shape index (κ1) is 17.6. The number of benzene rings is 2. The third-order valence-corrected chi connectivity index (χ3v) is 5.04. The molecule has 2 aromatic carbocycles. The second kappa shape index (κ2) is 7.76. The third kappa shape index (κ3) is 4.43. The van der Waals surface area contributed by atoms with E-state index in [0.29, 0.717) is 22.3 Å². The zero-order valence-corrected chi connectivity index (χ0v) is 16.1. The molecule has 3 rings (SSSR count). The largest absolute Gasteiger partial charge is 0.486 e. The molecule has 0 aliphatic carbocycles. The molecule has 1 aromatic heterocycles. The van der Waals surface area contributed by atoms with Crippen molar-refractivity contribution in [3.8, 4) is 5.75 Å². The maximum Gasteiger partial charge on any atom is 0.257 e. The van der Waals surface area contributed by atoms with Gasteiger partial charge in [-0.25, -0.2) is 0 Å². The summed E-state index contributed by atoms with van der Waals surface area (Å²) in [5, 5.41) is 12.0. The molecule has 0 unspecified atom stereocenters. The Hall–Kier alpha value is -2.25. The van der Waals surface area contributed by atoms with Gasteiger partial charge in [-0.1, -0.05) is 39.4 Å². The fourth-order valence-electron chi connectivity index (χ4n) is 2.15. The molecule has 1 heterocycles. The SMILES string of the molecule is Cc1cccc(OCc2nnc(NC(=O)c3ccc(Br)cc3)s2)c1C. The van der Waals surface area contributed by atoms with Crippen LogP contribution in [-0.4, -0.2) is 16.1 Å². The molecule has 0 atom stereocenters. The second-order valence-corrected chi connectivity index (χ2v) is 7.43. The summed E-state index contributed by atoms with van der Waals surface area (Å²) in [6, 6.07) is 13.1. The van der Waals surface area contributed by atoms with Gasteiger partial charge in [-0.3, -0.25) is 10.1 Å². The van der Waals surface area contributed by atoms with Gasteiger partial charge in [-0.05, 0) is 55.3 Å². The van der Waals surface area contributed by atoms with E-state index in [0.717, 1.165) is 15.8 Å². The van der Waals surface area contributed by atoms with Crippen LogP contribution in [0.3, 0.4) is 0 Å². The number of hydrogen-bond donors (Lipinski definition) is 1.